The van der Waals surface area contributed by atoms with Crippen molar-refractivity contribution in [3.8, 4) is 17.1 Å². The Morgan fingerprint density at radius 1 is 1.16 bits per heavy atom. The van der Waals surface area contributed by atoms with Gasteiger partial charge in [0.1, 0.15) is 6.61 Å². The number of nitrogens with zero attached hydrogens (tertiary/aromatic N) is 4. The van der Waals surface area contributed by atoms with E-state index in [1.165, 1.54) is 0 Å². The summed E-state index contributed by atoms with van der Waals surface area (Å²) < 4.78 is 8.13. The topological polar surface area (TPSA) is 97.7 Å². The molecule has 1 amide bonds. The molecule has 0 atom stereocenters. The first-order chi connectivity index (χ1) is 15.6. The fourth-order valence-electron chi connectivity index (χ4n) is 3.18. The maximum Gasteiger partial charge on any atom is 0.227 e. The number of aromatic amines is 1. The normalized spacial score (nSPS) is 10.7. The Hall–Kier alpha value is -3.85. The first-order valence-electron chi connectivity index (χ1n) is 10.1. The number of benzene rings is 1. The molecule has 0 spiro atoms. The number of pyridine rings is 2. The first-order valence-corrected chi connectivity index (χ1v) is 10.5. The van der Waals surface area contributed by atoms with Gasteiger partial charge in [-0.25, -0.2) is 4.98 Å². The van der Waals surface area contributed by atoms with Gasteiger partial charge in [-0.2, -0.15) is 5.10 Å². The van der Waals surface area contributed by atoms with E-state index in [1.54, 1.807) is 30.7 Å². The Kier molecular flexibility index (Phi) is 6.66. The number of carbonyl (C=O) groups excluding carboxylic acids is 1. The van der Waals surface area contributed by atoms with Crippen LogP contribution in [0.1, 0.15) is 17.5 Å². The van der Waals surface area contributed by atoms with E-state index in [1.807, 2.05) is 47.9 Å². The van der Waals surface area contributed by atoms with E-state index in [0.717, 1.165) is 16.7 Å². The molecule has 8 nitrogen and oxygen atoms in total. The molecule has 0 radical (unpaired) electrons. The maximum absolute atomic E-state index is 12.7. The lowest BCUT2D eigenvalue weighted by Gasteiger charge is -2.12. The molecule has 0 aliphatic heterocycles. The second-order valence-corrected chi connectivity index (χ2v) is 7.55. The van der Waals surface area contributed by atoms with E-state index in [-0.39, 0.29) is 12.3 Å². The summed E-state index contributed by atoms with van der Waals surface area (Å²) in [4.78, 5) is 20.9. The van der Waals surface area contributed by atoms with E-state index in [2.05, 4.69) is 25.5 Å². The summed E-state index contributed by atoms with van der Waals surface area (Å²) in [6, 6.07) is 15.3. The number of ether oxygens (including phenoxy) is 1. The maximum atomic E-state index is 12.7. The highest BCUT2D eigenvalue weighted by Crippen LogP contribution is 2.23. The molecule has 4 aromatic rings. The van der Waals surface area contributed by atoms with Crippen LogP contribution in [0.25, 0.3) is 11.4 Å². The van der Waals surface area contributed by atoms with E-state index < -0.39 is 0 Å². The van der Waals surface area contributed by atoms with Crippen molar-refractivity contribution < 1.29 is 9.53 Å². The molecule has 0 fully saturated rings. The summed E-state index contributed by atoms with van der Waals surface area (Å²) in [7, 11) is 0. The van der Waals surface area contributed by atoms with E-state index in [9.17, 15) is 4.79 Å². The SMILES string of the molecule is Cc1cccc(-c2n[nH]c(=S)n2CCC(=O)Nc2ncccc2OCc2ccncc2)c1. The lowest BCUT2D eigenvalue weighted by molar-refractivity contribution is -0.116. The lowest BCUT2D eigenvalue weighted by atomic mass is 10.1. The molecule has 3 heterocycles. The van der Waals surface area contributed by atoms with Gasteiger partial charge >= 0.3 is 0 Å². The molecule has 0 saturated carbocycles. The Morgan fingerprint density at radius 2 is 2.00 bits per heavy atom. The van der Waals surface area contributed by atoms with Gasteiger partial charge in [0.2, 0.25) is 5.91 Å². The van der Waals surface area contributed by atoms with Crippen molar-refractivity contribution in [1.29, 1.82) is 0 Å². The number of rotatable bonds is 8. The van der Waals surface area contributed by atoms with Crippen molar-refractivity contribution in [2.24, 2.45) is 0 Å². The summed E-state index contributed by atoms with van der Waals surface area (Å²) in [5.41, 5.74) is 3.03. The Labute approximate surface area is 190 Å². The van der Waals surface area contributed by atoms with Crippen molar-refractivity contribution in [3.05, 3.63) is 83.0 Å². The van der Waals surface area contributed by atoms with E-state index >= 15 is 0 Å². The Balaban J connectivity index is 1.41. The van der Waals surface area contributed by atoms with Gasteiger partial charge < -0.3 is 10.1 Å². The number of hydrogen-bond acceptors (Lipinski definition) is 6. The van der Waals surface area contributed by atoms with Gasteiger partial charge in [0, 0.05) is 37.1 Å². The summed E-state index contributed by atoms with van der Waals surface area (Å²) >= 11 is 5.37. The minimum absolute atomic E-state index is 0.198. The van der Waals surface area contributed by atoms with Crippen molar-refractivity contribution in [1.82, 2.24) is 24.7 Å². The van der Waals surface area contributed by atoms with Crippen LogP contribution in [0.4, 0.5) is 5.82 Å². The smallest absolute Gasteiger partial charge is 0.227 e. The molecule has 162 valence electrons. The van der Waals surface area contributed by atoms with Crippen LogP contribution in [-0.4, -0.2) is 30.6 Å². The monoisotopic (exact) mass is 446 g/mol. The third-order valence-corrected chi connectivity index (χ3v) is 5.08. The second kappa shape index (κ2) is 9.97. The molecule has 32 heavy (non-hydrogen) atoms. The molecule has 0 saturated heterocycles. The highest BCUT2D eigenvalue weighted by atomic mass is 32.1. The Morgan fingerprint density at radius 3 is 2.81 bits per heavy atom. The van der Waals surface area contributed by atoms with Crippen molar-refractivity contribution in [2.75, 3.05) is 5.32 Å². The van der Waals surface area contributed by atoms with Crippen LogP contribution in [0.2, 0.25) is 0 Å². The molecule has 0 aliphatic carbocycles. The molecule has 2 N–H and O–H groups in total. The molecular weight excluding hydrogens is 424 g/mol. The molecular formula is C23H22N6O2S. The summed E-state index contributed by atoms with van der Waals surface area (Å²) in [6.07, 6.45) is 5.22. The van der Waals surface area contributed by atoms with Gasteiger partial charge in [-0.1, -0.05) is 23.8 Å². The number of hydrogen-bond donors (Lipinski definition) is 2. The van der Waals surface area contributed by atoms with Gasteiger partial charge in [0.25, 0.3) is 0 Å². The van der Waals surface area contributed by atoms with Crippen LogP contribution in [-0.2, 0) is 17.9 Å². The minimum Gasteiger partial charge on any atom is -0.485 e. The van der Waals surface area contributed by atoms with E-state index in [4.69, 9.17) is 17.0 Å². The fraction of sp³-hybridized carbons (Fsp3) is 0.174. The number of H-pyrrole nitrogens is 1. The predicted octanol–water partition coefficient (Wildman–Crippen LogP) is 4.31. The zero-order valence-corrected chi connectivity index (χ0v) is 18.3. The number of nitrogens with one attached hydrogen (secondary N) is 2. The zero-order valence-electron chi connectivity index (χ0n) is 17.5. The average Bonchev–Trinajstić information content (AvgIpc) is 3.18. The summed E-state index contributed by atoms with van der Waals surface area (Å²) in [5, 5.41) is 9.98. The summed E-state index contributed by atoms with van der Waals surface area (Å²) in [5.74, 6) is 1.38. The predicted molar refractivity (Wildman–Crippen MR) is 124 cm³/mol. The number of amides is 1. The number of carbonyl (C=O) groups is 1. The van der Waals surface area contributed by atoms with Crippen molar-refractivity contribution >= 4 is 23.9 Å². The molecule has 3 aromatic heterocycles. The molecule has 1 aromatic carbocycles. The first kappa shape index (κ1) is 21.4. The zero-order chi connectivity index (χ0) is 22.3. The molecule has 0 unspecified atom stereocenters. The Bertz CT molecular complexity index is 1270. The van der Waals surface area contributed by atoms with Crippen LogP contribution < -0.4 is 10.1 Å². The highest BCUT2D eigenvalue weighted by Gasteiger charge is 2.13. The third kappa shape index (κ3) is 5.25. The largest absolute Gasteiger partial charge is 0.485 e. The fourth-order valence-corrected chi connectivity index (χ4v) is 3.40. The van der Waals surface area contributed by atoms with Crippen molar-refractivity contribution in [3.63, 3.8) is 0 Å². The quantitative estimate of drug-likeness (QED) is 0.391. The molecule has 0 bridgehead atoms. The van der Waals surface area contributed by atoms with Crippen LogP contribution in [0, 0.1) is 11.7 Å². The molecule has 9 heteroatoms. The summed E-state index contributed by atoms with van der Waals surface area (Å²) in [6.45, 7) is 2.75. The van der Waals surface area contributed by atoms with Gasteiger partial charge in [-0.3, -0.25) is 19.4 Å². The molecule has 4 rings (SSSR count). The number of aryl methyl sites for hydroxylation is 1. The van der Waals surface area contributed by atoms with Crippen LogP contribution in [0.15, 0.2) is 67.1 Å². The second-order valence-electron chi connectivity index (χ2n) is 7.17. The highest BCUT2D eigenvalue weighted by molar-refractivity contribution is 7.71. The van der Waals surface area contributed by atoms with Gasteiger partial charge in [0.05, 0.1) is 0 Å². The number of aromatic nitrogens is 5. The van der Waals surface area contributed by atoms with Crippen LogP contribution >= 0.6 is 12.2 Å². The standard InChI is InChI=1S/C23H22N6O2S/c1-16-4-2-5-18(14-16)22-27-28-23(32)29(22)13-9-20(30)26-21-19(6-3-10-25-21)31-15-17-7-11-24-12-8-17/h2-8,10-12,14H,9,13,15H2,1H3,(H,28,32)(H,25,26,30). The third-order valence-electron chi connectivity index (χ3n) is 4.77. The van der Waals surface area contributed by atoms with Gasteiger partial charge in [-0.15, -0.1) is 0 Å². The number of anilines is 1. The lowest BCUT2D eigenvalue weighted by Crippen LogP contribution is -2.16. The van der Waals surface area contributed by atoms with E-state index in [0.29, 0.717) is 35.3 Å². The molecule has 0 aliphatic rings. The van der Waals surface area contributed by atoms with Crippen molar-refractivity contribution in [2.45, 2.75) is 26.5 Å². The van der Waals surface area contributed by atoms with Gasteiger partial charge in [0.15, 0.2) is 22.2 Å². The van der Waals surface area contributed by atoms with Gasteiger partial charge in [-0.05, 0) is 55.0 Å². The minimum atomic E-state index is -0.198. The van der Waals surface area contributed by atoms with Crippen LogP contribution in [0.3, 0.4) is 0 Å². The average molecular weight is 447 g/mol. The van der Waals surface area contributed by atoms with Crippen LogP contribution in [0.5, 0.6) is 5.75 Å².